The quantitative estimate of drug-likeness (QED) is 0.118. The van der Waals surface area contributed by atoms with Gasteiger partial charge in [0.2, 0.25) is 0 Å². The summed E-state index contributed by atoms with van der Waals surface area (Å²) in [6.45, 7) is 0. The van der Waals surface area contributed by atoms with Crippen LogP contribution in [0.5, 0.6) is 11.5 Å². The van der Waals surface area contributed by atoms with Gasteiger partial charge in [-0.3, -0.25) is 4.57 Å². The third-order valence-electron chi connectivity index (χ3n) is 12.9. The molecule has 0 aliphatic carbocycles. The van der Waals surface area contributed by atoms with E-state index >= 15 is 0 Å². The Labute approximate surface area is 395 Å². The number of pyridine rings is 1. The summed E-state index contributed by atoms with van der Waals surface area (Å²) in [5.74, 6) is 1.79. The molecule has 0 N–H and O–H groups in total. The maximum Gasteiger partial charge on any atom is 0.268 e. The van der Waals surface area contributed by atoms with Crippen LogP contribution >= 0.6 is 0 Å². The second-order valence-corrected chi connectivity index (χ2v) is 16.2. The summed E-state index contributed by atoms with van der Waals surface area (Å²) in [7, 11) is 0. The van der Waals surface area contributed by atoms with Crippen molar-refractivity contribution >= 4 is 38.5 Å². The van der Waals surface area contributed by atoms with Crippen LogP contribution in [0.4, 0.5) is 5.69 Å². The first kappa shape index (κ1) is 28.8. The van der Waals surface area contributed by atoms with E-state index < -0.39 is 60.4 Å². The maximum absolute atomic E-state index is 9.03. The van der Waals surface area contributed by atoms with Crippen molar-refractivity contribution in [2.45, 2.75) is 50.6 Å². The second-order valence-electron chi connectivity index (χ2n) is 16.2. The van der Waals surface area contributed by atoms with Crippen LogP contribution in [-0.4, -0.2) is 26.2 Å². The van der Waals surface area contributed by atoms with E-state index in [4.69, 9.17) is 23.4 Å². The minimum absolute atomic E-state index is 0. The van der Waals surface area contributed by atoms with Crippen LogP contribution in [0, 0.1) is 18.5 Å². The Morgan fingerprint density at radius 3 is 2.11 bits per heavy atom. The number of imidazole rings is 1. The molecule has 2 unspecified atom stereocenters. The zero-order valence-corrected chi connectivity index (χ0v) is 35.9. The third kappa shape index (κ3) is 6.10. The van der Waals surface area contributed by atoms with E-state index in [1.807, 2.05) is 42.5 Å². The van der Waals surface area contributed by atoms with Gasteiger partial charge in [0.15, 0.2) is 0 Å². The molecule has 6 nitrogen and oxygen atoms in total. The van der Waals surface area contributed by atoms with Crippen LogP contribution in [0.15, 0.2) is 164 Å². The van der Waals surface area contributed by atoms with E-state index in [9.17, 15) is 0 Å². The van der Waals surface area contributed by atoms with Gasteiger partial charge in [-0.05, 0) is 83.5 Å². The molecule has 2 atom stereocenters. The topological polar surface area (TPSA) is 39.1 Å². The monoisotopic (exact) mass is 1000 g/mol. The number of fused-ring (bicyclic) bond motifs is 4. The molecular formula is C56H41N5OPt-2. The van der Waals surface area contributed by atoms with Crippen molar-refractivity contribution in [3.05, 3.63) is 193 Å². The molecule has 1 saturated heterocycles. The van der Waals surface area contributed by atoms with E-state index in [1.54, 1.807) is 33.4 Å². The van der Waals surface area contributed by atoms with E-state index in [0.717, 1.165) is 46.9 Å². The minimum atomic E-state index is -0.565. The van der Waals surface area contributed by atoms with Crippen molar-refractivity contribution in [2.24, 2.45) is 0 Å². The molecule has 63 heavy (non-hydrogen) atoms. The molecule has 0 radical (unpaired) electrons. The average molecular weight is 1010 g/mol. The van der Waals surface area contributed by atoms with Crippen molar-refractivity contribution in [3.8, 4) is 50.9 Å². The predicted octanol–water partition coefficient (Wildman–Crippen LogP) is 12.2. The zero-order chi connectivity index (χ0) is 49.4. The van der Waals surface area contributed by atoms with E-state index in [2.05, 4.69) is 64.5 Å². The van der Waals surface area contributed by atoms with Crippen LogP contribution in [0.2, 0.25) is 0 Å². The SMILES string of the molecule is [2H]c1c([2H])c([2H])c(-c2cccc(-c3c([2H])c([2H])c([2H])c([2H])c3[2H])c2-[n+]2[c-]n(-c3[c-]c(Oc4[c-]c5c(cc4)c4ccccc4n5-c4ncc5c6c4CCC4CCC(CC5)N64)ccc3)c3ccccc32)c([2H])c1[2H].[Pt]. The molecule has 10 aromatic rings. The number of hydrogen-bond donors (Lipinski definition) is 0. The van der Waals surface area contributed by atoms with Gasteiger partial charge in [-0.15, -0.1) is 29.7 Å². The van der Waals surface area contributed by atoms with Gasteiger partial charge >= 0.3 is 0 Å². The van der Waals surface area contributed by atoms with Gasteiger partial charge in [-0.2, -0.15) is 18.2 Å². The third-order valence-corrected chi connectivity index (χ3v) is 12.9. The molecule has 7 aromatic carbocycles. The predicted molar refractivity (Wildman–Crippen MR) is 247 cm³/mol. The Morgan fingerprint density at radius 1 is 0.651 bits per heavy atom. The van der Waals surface area contributed by atoms with E-state index in [-0.39, 0.29) is 49.0 Å². The standard InChI is InChI=1S/C56H41N5O.Pt/c1-3-13-37(14-4-1)45-20-12-21-46(38-15-5-2-6-16-38)55(45)59-36-58(51-23-9-10-24-52(51)59)42-17-11-18-43(33-42)62-44-30-32-48-47-19-7-8-22-50(47)61(53(48)34-44)56-49-31-29-41-28-27-40-26-25-39(35-57-56)54(49)60(40)41;/h1-24,30,32,35,40-41H,25-29,31H2;/q-2;/i1D,2D,3D,4D,5D,6D,13D,14D,15D,16D;. The summed E-state index contributed by atoms with van der Waals surface area (Å²) in [4.78, 5) is 7.92. The van der Waals surface area contributed by atoms with E-state index in [1.165, 1.54) is 36.1 Å². The Kier molecular flexibility index (Phi) is 6.97. The number of aromatic nitrogens is 4. The Balaban J connectivity index is 0.00000543. The number of hydrogen-bond acceptors (Lipinski definition) is 3. The summed E-state index contributed by atoms with van der Waals surface area (Å²) in [6, 6.07) is 33.0. The summed E-state index contributed by atoms with van der Waals surface area (Å²) in [5, 5.41) is 2.12. The largest absolute Gasteiger partial charge is 0.510 e. The number of nitrogens with zero attached hydrogens (tertiary/aromatic N) is 5. The molecule has 0 bridgehead atoms. The smallest absolute Gasteiger partial charge is 0.268 e. The molecule has 3 aliphatic heterocycles. The summed E-state index contributed by atoms with van der Waals surface area (Å²) in [5.41, 5.74) is 7.82. The molecule has 3 aromatic heterocycles. The van der Waals surface area contributed by atoms with Crippen molar-refractivity contribution < 1.29 is 44.1 Å². The molecule has 7 heteroatoms. The summed E-state index contributed by atoms with van der Waals surface area (Å²) < 4.78 is 99.4. The molecule has 0 amide bonds. The van der Waals surface area contributed by atoms with Crippen molar-refractivity contribution in [2.75, 3.05) is 4.90 Å². The van der Waals surface area contributed by atoms with Crippen LogP contribution in [0.1, 0.15) is 50.5 Å². The fraction of sp³-hybridized carbons (Fsp3) is 0.143. The number of ether oxygens (including phenoxy) is 1. The number of aryl methyl sites for hydroxylation is 1. The Morgan fingerprint density at radius 2 is 1.33 bits per heavy atom. The van der Waals surface area contributed by atoms with Gasteiger partial charge in [-0.25, -0.2) is 4.98 Å². The molecule has 0 spiro atoms. The molecular weight excluding hydrogens is 954 g/mol. The van der Waals surface area contributed by atoms with Crippen molar-refractivity contribution in [3.63, 3.8) is 0 Å². The number of benzene rings is 7. The molecule has 3 aliphatic rings. The minimum Gasteiger partial charge on any atom is -0.510 e. The normalized spacial score (nSPS) is 18.6. The molecule has 13 rings (SSSR count). The maximum atomic E-state index is 9.03. The fourth-order valence-corrected chi connectivity index (χ4v) is 10.3. The van der Waals surface area contributed by atoms with Crippen LogP contribution < -0.4 is 14.2 Å². The molecule has 6 heterocycles. The first-order valence-corrected chi connectivity index (χ1v) is 21.1. The number of rotatable bonds is 7. The first-order chi connectivity index (χ1) is 34.9. The number of anilines is 1. The fourth-order valence-electron chi connectivity index (χ4n) is 10.3. The van der Waals surface area contributed by atoms with Crippen molar-refractivity contribution in [1.29, 1.82) is 0 Å². The van der Waals surface area contributed by atoms with E-state index in [0.29, 0.717) is 40.3 Å². The summed E-state index contributed by atoms with van der Waals surface area (Å²) >= 11 is 0. The second kappa shape index (κ2) is 15.3. The van der Waals surface area contributed by atoms with Crippen molar-refractivity contribution in [1.82, 2.24) is 14.1 Å². The number of para-hydroxylation sites is 4. The Hall–Kier alpha value is -6.75. The van der Waals surface area contributed by atoms with Gasteiger partial charge in [0.05, 0.1) is 30.4 Å². The molecule has 0 saturated carbocycles. The van der Waals surface area contributed by atoms with Gasteiger partial charge in [0.1, 0.15) is 5.82 Å². The molecule has 308 valence electrons. The zero-order valence-electron chi connectivity index (χ0n) is 43.7. The Bertz CT molecular complexity index is 3840. The van der Waals surface area contributed by atoms with Crippen LogP contribution in [0.25, 0.3) is 72.3 Å². The van der Waals surface area contributed by atoms with Gasteiger partial charge in [0, 0.05) is 67.6 Å². The van der Waals surface area contributed by atoms with Gasteiger partial charge in [-0.1, -0.05) is 127 Å². The van der Waals surface area contributed by atoms with Crippen LogP contribution in [-0.2, 0) is 33.9 Å². The average Bonchev–Trinajstić information content (AvgIpc) is 4.11. The summed E-state index contributed by atoms with van der Waals surface area (Å²) in [6.07, 6.45) is 12.3. The van der Waals surface area contributed by atoms with Gasteiger partial charge < -0.3 is 18.8 Å². The first-order valence-electron chi connectivity index (χ1n) is 26.1. The molecule has 1 fully saturated rings. The van der Waals surface area contributed by atoms with Crippen LogP contribution in [0.3, 0.4) is 0 Å². The van der Waals surface area contributed by atoms with Gasteiger partial charge in [0.25, 0.3) is 6.33 Å².